The van der Waals surface area contributed by atoms with Gasteiger partial charge in [-0.25, -0.2) is 4.79 Å². The van der Waals surface area contributed by atoms with E-state index in [2.05, 4.69) is 0 Å². The van der Waals surface area contributed by atoms with Crippen molar-refractivity contribution in [3.8, 4) is 0 Å². The molecule has 0 spiro atoms. The Balaban J connectivity index is 2.27. The second kappa shape index (κ2) is 3.94. The van der Waals surface area contributed by atoms with Crippen LogP contribution in [0.25, 0.3) is 0 Å². The molecule has 4 nitrogen and oxygen atoms in total. The van der Waals surface area contributed by atoms with Gasteiger partial charge in [0.15, 0.2) is 0 Å². The van der Waals surface area contributed by atoms with Crippen LogP contribution in [0, 0.1) is 6.92 Å². The van der Waals surface area contributed by atoms with Gasteiger partial charge in [0, 0.05) is 5.41 Å². The summed E-state index contributed by atoms with van der Waals surface area (Å²) in [5.74, 6) is 1.18. The molecule has 0 radical (unpaired) electrons. The molecule has 88 valence electrons. The van der Waals surface area contributed by atoms with Crippen molar-refractivity contribution in [1.82, 2.24) is 0 Å². The average Bonchev–Trinajstić information content (AvgIpc) is 2.94. The molecular formula is C12H17NO3. The van der Waals surface area contributed by atoms with Gasteiger partial charge in [-0.3, -0.25) is 0 Å². The molecular weight excluding hydrogens is 206 g/mol. The number of hydrogen-bond acceptors (Lipinski definition) is 4. The summed E-state index contributed by atoms with van der Waals surface area (Å²) in [6.45, 7) is 2.43. The maximum absolute atomic E-state index is 11.4. The highest BCUT2D eigenvalue weighted by Crippen LogP contribution is 2.51. The first-order valence-electron chi connectivity index (χ1n) is 5.52. The van der Waals surface area contributed by atoms with Crippen LogP contribution in [-0.2, 0) is 10.2 Å². The average molecular weight is 223 g/mol. The Bertz CT molecular complexity index is 404. The molecule has 0 saturated heterocycles. The largest absolute Gasteiger partial charge is 0.465 e. The third kappa shape index (κ3) is 1.73. The Labute approximate surface area is 94.8 Å². The first-order valence-corrected chi connectivity index (χ1v) is 5.52. The van der Waals surface area contributed by atoms with Crippen molar-refractivity contribution < 1.29 is 13.9 Å². The zero-order valence-corrected chi connectivity index (χ0v) is 9.71. The van der Waals surface area contributed by atoms with Crippen molar-refractivity contribution in [1.29, 1.82) is 0 Å². The van der Waals surface area contributed by atoms with Gasteiger partial charge in [0.25, 0.3) is 0 Å². The molecule has 1 aromatic heterocycles. The maximum Gasteiger partial charge on any atom is 0.341 e. The molecule has 0 atom stereocenters. The van der Waals surface area contributed by atoms with Crippen LogP contribution in [0.15, 0.2) is 10.5 Å². The SMILES string of the molecule is COC(=O)c1cc(C2(CCN)CC2)oc1C. The van der Waals surface area contributed by atoms with Gasteiger partial charge < -0.3 is 14.9 Å². The Morgan fingerprint density at radius 3 is 2.81 bits per heavy atom. The molecule has 2 rings (SSSR count). The van der Waals surface area contributed by atoms with Crippen LogP contribution in [0.5, 0.6) is 0 Å². The van der Waals surface area contributed by atoms with Crippen LogP contribution in [0.2, 0.25) is 0 Å². The number of furan rings is 1. The first-order chi connectivity index (χ1) is 7.63. The molecule has 1 fully saturated rings. The van der Waals surface area contributed by atoms with E-state index in [1.807, 2.05) is 6.07 Å². The van der Waals surface area contributed by atoms with Crippen LogP contribution in [0.3, 0.4) is 0 Å². The molecule has 0 aliphatic heterocycles. The molecule has 4 heteroatoms. The topological polar surface area (TPSA) is 65.5 Å². The third-order valence-corrected chi connectivity index (χ3v) is 3.32. The molecule has 1 aliphatic carbocycles. The summed E-state index contributed by atoms with van der Waals surface area (Å²) < 4.78 is 10.4. The Morgan fingerprint density at radius 2 is 2.31 bits per heavy atom. The quantitative estimate of drug-likeness (QED) is 0.790. The molecule has 1 aromatic rings. The third-order valence-electron chi connectivity index (χ3n) is 3.32. The summed E-state index contributed by atoms with van der Waals surface area (Å²) in [4.78, 5) is 11.4. The van der Waals surface area contributed by atoms with Gasteiger partial charge in [-0.2, -0.15) is 0 Å². The highest BCUT2D eigenvalue weighted by Gasteiger charge is 2.46. The van der Waals surface area contributed by atoms with E-state index in [1.54, 1.807) is 6.92 Å². The van der Waals surface area contributed by atoms with Gasteiger partial charge in [0.1, 0.15) is 17.1 Å². The highest BCUT2D eigenvalue weighted by molar-refractivity contribution is 5.90. The summed E-state index contributed by atoms with van der Waals surface area (Å²) in [5.41, 5.74) is 6.21. The van der Waals surface area contributed by atoms with Gasteiger partial charge in [-0.05, 0) is 38.8 Å². The molecule has 1 aliphatic rings. The van der Waals surface area contributed by atoms with E-state index in [0.29, 0.717) is 17.9 Å². The predicted molar refractivity (Wildman–Crippen MR) is 59.4 cm³/mol. The fourth-order valence-corrected chi connectivity index (χ4v) is 2.10. The number of rotatable bonds is 4. The van der Waals surface area contributed by atoms with E-state index in [1.165, 1.54) is 7.11 Å². The van der Waals surface area contributed by atoms with E-state index in [4.69, 9.17) is 14.9 Å². The minimum Gasteiger partial charge on any atom is -0.465 e. The number of carbonyl (C=O) groups is 1. The standard InChI is InChI=1S/C12H17NO3/c1-8-9(11(14)15-2)7-10(16-8)12(3-4-12)5-6-13/h7H,3-6,13H2,1-2H3. The fraction of sp³-hybridized carbons (Fsp3) is 0.583. The summed E-state index contributed by atoms with van der Waals surface area (Å²) in [6, 6.07) is 1.81. The molecule has 0 unspecified atom stereocenters. The summed E-state index contributed by atoms with van der Waals surface area (Å²) >= 11 is 0. The van der Waals surface area contributed by atoms with Crippen molar-refractivity contribution in [2.24, 2.45) is 5.73 Å². The number of aryl methyl sites for hydroxylation is 1. The van der Waals surface area contributed by atoms with Gasteiger partial charge in [0.05, 0.1) is 7.11 Å². The van der Waals surface area contributed by atoms with Gasteiger partial charge in [-0.1, -0.05) is 0 Å². The van der Waals surface area contributed by atoms with Crippen LogP contribution in [0.1, 0.15) is 41.1 Å². The summed E-state index contributed by atoms with van der Waals surface area (Å²) in [7, 11) is 1.38. The molecule has 0 bridgehead atoms. The number of ether oxygens (including phenoxy) is 1. The van der Waals surface area contributed by atoms with E-state index in [-0.39, 0.29) is 11.4 Å². The number of methoxy groups -OCH3 is 1. The van der Waals surface area contributed by atoms with E-state index >= 15 is 0 Å². The van der Waals surface area contributed by atoms with Crippen LogP contribution < -0.4 is 5.73 Å². The lowest BCUT2D eigenvalue weighted by Crippen LogP contribution is -2.12. The Morgan fingerprint density at radius 1 is 1.62 bits per heavy atom. The van der Waals surface area contributed by atoms with Crippen molar-refractivity contribution in [2.45, 2.75) is 31.6 Å². The van der Waals surface area contributed by atoms with Crippen LogP contribution in [-0.4, -0.2) is 19.6 Å². The molecule has 2 N–H and O–H groups in total. The number of hydrogen-bond donors (Lipinski definition) is 1. The minimum atomic E-state index is -0.337. The predicted octanol–water partition coefficient (Wildman–Crippen LogP) is 1.76. The van der Waals surface area contributed by atoms with E-state index in [9.17, 15) is 4.79 Å². The number of esters is 1. The Kier molecular flexibility index (Phi) is 2.76. The molecule has 1 saturated carbocycles. The first kappa shape index (κ1) is 11.2. The molecule has 16 heavy (non-hydrogen) atoms. The second-order valence-electron chi connectivity index (χ2n) is 4.39. The highest BCUT2D eigenvalue weighted by atomic mass is 16.5. The fourth-order valence-electron chi connectivity index (χ4n) is 2.10. The van der Waals surface area contributed by atoms with Crippen molar-refractivity contribution >= 4 is 5.97 Å². The zero-order chi connectivity index (χ0) is 11.8. The lowest BCUT2D eigenvalue weighted by molar-refractivity contribution is 0.0599. The smallest absolute Gasteiger partial charge is 0.341 e. The number of nitrogens with two attached hydrogens (primary N) is 1. The lowest BCUT2D eigenvalue weighted by Gasteiger charge is -2.09. The van der Waals surface area contributed by atoms with Crippen molar-refractivity contribution in [3.63, 3.8) is 0 Å². The van der Waals surface area contributed by atoms with Crippen LogP contribution >= 0.6 is 0 Å². The normalized spacial score (nSPS) is 17.2. The van der Waals surface area contributed by atoms with Crippen molar-refractivity contribution in [3.05, 3.63) is 23.2 Å². The van der Waals surface area contributed by atoms with Crippen molar-refractivity contribution in [2.75, 3.05) is 13.7 Å². The lowest BCUT2D eigenvalue weighted by atomic mass is 9.99. The zero-order valence-electron chi connectivity index (χ0n) is 9.71. The molecule has 0 amide bonds. The Hall–Kier alpha value is -1.29. The minimum absolute atomic E-state index is 0.0891. The van der Waals surface area contributed by atoms with Gasteiger partial charge >= 0.3 is 5.97 Å². The van der Waals surface area contributed by atoms with Crippen LogP contribution in [0.4, 0.5) is 0 Å². The summed E-state index contributed by atoms with van der Waals surface area (Å²) in [6.07, 6.45) is 3.11. The maximum atomic E-state index is 11.4. The monoisotopic (exact) mass is 223 g/mol. The second-order valence-corrected chi connectivity index (χ2v) is 4.39. The van der Waals surface area contributed by atoms with E-state index < -0.39 is 0 Å². The summed E-state index contributed by atoms with van der Waals surface area (Å²) in [5, 5.41) is 0. The molecule has 0 aromatic carbocycles. The van der Waals surface area contributed by atoms with Gasteiger partial charge in [0.2, 0.25) is 0 Å². The number of carbonyl (C=O) groups excluding carboxylic acids is 1. The van der Waals surface area contributed by atoms with Gasteiger partial charge in [-0.15, -0.1) is 0 Å². The van der Waals surface area contributed by atoms with E-state index in [0.717, 1.165) is 25.0 Å². The molecule has 1 heterocycles.